The Morgan fingerprint density at radius 1 is 0.867 bits per heavy atom. The van der Waals surface area contributed by atoms with Gasteiger partial charge in [0.2, 0.25) is 0 Å². The van der Waals surface area contributed by atoms with E-state index in [9.17, 15) is 44.6 Å². The fraction of sp³-hybridized carbons (Fsp3) is 0.765. The van der Waals surface area contributed by atoms with Crippen molar-refractivity contribution < 1.29 is 54.1 Å². The fourth-order valence-corrected chi connectivity index (χ4v) is 9.43. The van der Waals surface area contributed by atoms with Crippen LogP contribution < -0.4 is 0 Å². The van der Waals surface area contributed by atoms with E-state index in [0.29, 0.717) is 12.8 Å². The van der Waals surface area contributed by atoms with Crippen molar-refractivity contribution in [2.24, 2.45) is 0 Å². The monoisotopic (exact) mass is 519 g/mol. The Morgan fingerprint density at radius 3 is 1.67 bits per heavy atom. The van der Waals surface area contributed by atoms with E-state index < -0.39 is 63.5 Å². The predicted molar refractivity (Wildman–Crippen MR) is 89.8 cm³/mol. The summed E-state index contributed by atoms with van der Waals surface area (Å²) in [5.74, 6) is -2.57. The van der Waals surface area contributed by atoms with Crippen LogP contribution in [0.3, 0.4) is 0 Å². The van der Waals surface area contributed by atoms with E-state index in [1.807, 2.05) is 0 Å². The topological polar surface area (TPSA) is 38.4 Å². The summed E-state index contributed by atoms with van der Waals surface area (Å²) in [6, 6.07) is 0. The molecule has 0 amide bonds. The molecule has 0 bridgehead atoms. The van der Waals surface area contributed by atoms with E-state index >= 15 is 0 Å². The average molecular weight is 518 g/mol. The zero-order valence-corrected chi connectivity index (χ0v) is 18.3. The number of halogens is 9. The molecule has 0 spiro atoms. The molecule has 3 nitrogen and oxygen atoms in total. The molecule has 0 heterocycles. The number of alkyl halides is 9. The molecule has 1 aliphatic carbocycles. The van der Waals surface area contributed by atoms with Gasteiger partial charge < -0.3 is 0 Å². The summed E-state index contributed by atoms with van der Waals surface area (Å²) in [5, 5.41) is -6.96. The SMILES string of the molecule is CCCOC([O])(CCC1=[C]([Ge]([C](F)(F)F)([C](F)(F)F)[C](F)(F)F)C=CC1)OCCC. The maximum absolute atomic E-state index is 13.5. The number of hydrogen-bond acceptors (Lipinski definition) is 2. The zero-order chi connectivity index (χ0) is 23.4. The molecule has 175 valence electrons. The Morgan fingerprint density at radius 2 is 1.30 bits per heavy atom. The fourth-order valence-electron chi connectivity index (χ4n) is 3.12. The standard InChI is InChI=1S/C17H22F9GeO3/c1-3-10-29-14(28,30-11-4-2)9-8-12-6-5-7-13(12)27(15(18,19)20,16(21,22)23)17(24,25)26/h5,7H,3-4,6,8-11H2,1-2H3. The van der Waals surface area contributed by atoms with Crippen LogP contribution in [0.2, 0.25) is 0 Å². The van der Waals surface area contributed by atoms with Crippen molar-refractivity contribution in [3.63, 3.8) is 0 Å². The number of rotatable bonds is 10. The first-order valence-corrected chi connectivity index (χ1v) is 13.3. The van der Waals surface area contributed by atoms with Gasteiger partial charge in [0.25, 0.3) is 0 Å². The summed E-state index contributed by atoms with van der Waals surface area (Å²) >= 11 is -8.77. The van der Waals surface area contributed by atoms with Gasteiger partial charge >= 0.3 is 170 Å². The molecular weight excluding hydrogens is 496 g/mol. The van der Waals surface area contributed by atoms with Crippen LogP contribution in [0.1, 0.15) is 46.0 Å². The molecule has 30 heavy (non-hydrogen) atoms. The maximum atomic E-state index is 13.5. The van der Waals surface area contributed by atoms with Gasteiger partial charge in [-0.1, -0.05) is 0 Å². The minimum atomic E-state index is -8.77. The Balaban J connectivity index is 3.42. The molecule has 0 saturated carbocycles. The van der Waals surface area contributed by atoms with Gasteiger partial charge in [-0.25, -0.2) is 0 Å². The quantitative estimate of drug-likeness (QED) is 0.195. The van der Waals surface area contributed by atoms with Crippen molar-refractivity contribution in [1.29, 1.82) is 0 Å². The average Bonchev–Trinajstić information content (AvgIpc) is 3.01. The molecule has 0 aromatic rings. The molecule has 0 atom stereocenters. The van der Waals surface area contributed by atoms with Gasteiger partial charge in [-0.2, -0.15) is 0 Å². The van der Waals surface area contributed by atoms with Gasteiger partial charge in [-0.3, -0.25) is 0 Å². The van der Waals surface area contributed by atoms with Crippen molar-refractivity contribution in [3.8, 4) is 0 Å². The molecule has 0 fully saturated rings. The predicted octanol–water partition coefficient (Wildman–Crippen LogP) is 6.25. The molecule has 1 aliphatic rings. The first-order chi connectivity index (χ1) is 13.6. The summed E-state index contributed by atoms with van der Waals surface area (Å²) in [5.41, 5.74) is -0.706. The first kappa shape index (κ1) is 27.3. The van der Waals surface area contributed by atoms with E-state index in [2.05, 4.69) is 0 Å². The van der Waals surface area contributed by atoms with Crippen LogP contribution in [0.15, 0.2) is 22.1 Å². The van der Waals surface area contributed by atoms with Gasteiger partial charge in [0.1, 0.15) is 0 Å². The summed E-state index contributed by atoms with van der Waals surface area (Å²) in [7, 11) is 0. The molecule has 0 N–H and O–H groups in total. The minimum absolute atomic E-state index is 0.0905. The summed E-state index contributed by atoms with van der Waals surface area (Å²) in [4.78, 5) is 0. The number of allylic oxidation sites excluding steroid dienone is 4. The molecule has 0 saturated heterocycles. The summed E-state index contributed by atoms with van der Waals surface area (Å²) < 4.78 is 129. The Hall–Kier alpha value is -0.727. The molecule has 0 aromatic heterocycles. The normalized spacial score (nSPS) is 16.7. The van der Waals surface area contributed by atoms with Crippen LogP contribution >= 0.6 is 0 Å². The third-order valence-electron chi connectivity index (χ3n) is 4.49. The third-order valence-corrected chi connectivity index (χ3v) is 12.6. The van der Waals surface area contributed by atoms with Crippen molar-refractivity contribution in [2.45, 2.75) is 67.0 Å². The van der Waals surface area contributed by atoms with Crippen molar-refractivity contribution in [1.82, 2.24) is 0 Å². The Kier molecular flexibility index (Phi) is 8.94. The van der Waals surface area contributed by atoms with Gasteiger partial charge in [0.15, 0.2) is 0 Å². The summed E-state index contributed by atoms with van der Waals surface area (Å²) in [6.07, 6.45) is -0.167. The van der Waals surface area contributed by atoms with Gasteiger partial charge in [0, 0.05) is 0 Å². The van der Waals surface area contributed by atoms with Crippen LogP contribution in [0.25, 0.3) is 0 Å². The molecule has 1 radical (unpaired) electrons. The van der Waals surface area contributed by atoms with Crippen LogP contribution in [0.4, 0.5) is 39.5 Å². The van der Waals surface area contributed by atoms with E-state index in [4.69, 9.17) is 9.47 Å². The van der Waals surface area contributed by atoms with Gasteiger partial charge in [-0.05, 0) is 0 Å². The van der Waals surface area contributed by atoms with Gasteiger partial charge in [-0.15, -0.1) is 0 Å². The second-order valence-corrected chi connectivity index (χ2v) is 14.6. The Bertz CT molecular complexity index is 592. The van der Waals surface area contributed by atoms with Crippen molar-refractivity contribution in [2.75, 3.05) is 13.2 Å². The molecule has 13 heteroatoms. The second kappa shape index (κ2) is 9.82. The van der Waals surface area contributed by atoms with Crippen LogP contribution in [-0.2, 0) is 14.6 Å². The van der Waals surface area contributed by atoms with Crippen LogP contribution in [-0.4, -0.2) is 47.5 Å². The molecule has 0 aliphatic heterocycles. The van der Waals surface area contributed by atoms with Crippen molar-refractivity contribution in [3.05, 3.63) is 22.1 Å². The molecule has 1 rings (SSSR count). The third kappa shape index (κ3) is 5.54. The van der Waals surface area contributed by atoms with E-state index in [0.717, 1.165) is 6.08 Å². The van der Waals surface area contributed by atoms with E-state index in [1.165, 1.54) is 0 Å². The van der Waals surface area contributed by atoms with E-state index in [-0.39, 0.29) is 19.3 Å². The second-order valence-electron chi connectivity index (χ2n) is 6.75. The number of ether oxygens (including phenoxy) is 2. The zero-order valence-electron chi connectivity index (χ0n) is 16.2. The van der Waals surface area contributed by atoms with E-state index in [1.54, 1.807) is 13.8 Å². The summed E-state index contributed by atoms with van der Waals surface area (Å²) in [6.45, 7) is 3.12. The molecule has 0 unspecified atom stereocenters. The van der Waals surface area contributed by atoms with Crippen LogP contribution in [0.5, 0.6) is 0 Å². The van der Waals surface area contributed by atoms with Crippen molar-refractivity contribution >= 4 is 13.3 Å². The number of hydrogen-bond donors (Lipinski definition) is 0. The first-order valence-electron chi connectivity index (χ1n) is 9.15. The van der Waals surface area contributed by atoms with Crippen LogP contribution in [0, 0.1) is 0 Å². The molecule has 0 aromatic carbocycles. The molecular formula is C17H22F9GeO3. The Labute approximate surface area is 170 Å². The van der Waals surface area contributed by atoms with Gasteiger partial charge in [0.05, 0.1) is 0 Å².